The number of nitrogens with zero attached hydrogens (tertiary/aromatic N) is 1. The molecule has 3 aromatic rings. The number of halogens is 2. The summed E-state index contributed by atoms with van der Waals surface area (Å²) in [5, 5.41) is 14.1. The van der Waals surface area contributed by atoms with E-state index in [1.807, 2.05) is 6.07 Å². The van der Waals surface area contributed by atoms with Crippen LogP contribution in [0.3, 0.4) is 0 Å². The van der Waals surface area contributed by atoms with Gasteiger partial charge in [-0.2, -0.15) is 0 Å². The van der Waals surface area contributed by atoms with Crippen LogP contribution in [0.25, 0.3) is 11.3 Å². The SMILES string of the molecule is CC(C)[C@@H](C(=O)Nc1ccc(I)cc1Cl)n1c(O)c(-c2ccc3c(c2)OCCO3)[nH]c1=O. The number of amides is 1. The lowest BCUT2D eigenvalue weighted by atomic mass is 10.0. The molecule has 0 saturated carbocycles. The number of aromatic amines is 1. The number of nitrogens with one attached hydrogen (secondary N) is 2. The van der Waals surface area contributed by atoms with E-state index in [4.69, 9.17) is 21.1 Å². The number of anilines is 1. The minimum atomic E-state index is -0.972. The van der Waals surface area contributed by atoms with Crippen molar-refractivity contribution in [3.63, 3.8) is 0 Å². The van der Waals surface area contributed by atoms with Gasteiger partial charge in [-0.3, -0.25) is 4.79 Å². The fourth-order valence-corrected chi connectivity index (χ4v) is 4.52. The molecule has 1 amide bonds. The standard InChI is InChI=1S/C22H21ClIN3O5/c1-11(2)19(20(28)25-15-5-4-13(24)10-14(15)23)27-21(29)18(26-22(27)30)12-3-6-16-17(9-12)32-8-7-31-16/h3-6,9-11,19,29H,7-8H2,1-2H3,(H,25,28)(H,26,30)/t19-/m0/s1. The Morgan fingerprint density at radius 1 is 1.19 bits per heavy atom. The highest BCUT2D eigenvalue weighted by Crippen LogP contribution is 2.37. The molecule has 1 aliphatic heterocycles. The van der Waals surface area contributed by atoms with Gasteiger partial charge in [-0.1, -0.05) is 25.4 Å². The first-order valence-electron chi connectivity index (χ1n) is 9.95. The zero-order chi connectivity index (χ0) is 23.0. The van der Waals surface area contributed by atoms with Gasteiger partial charge in [0.1, 0.15) is 24.9 Å². The van der Waals surface area contributed by atoms with Gasteiger partial charge in [0.2, 0.25) is 11.8 Å². The van der Waals surface area contributed by atoms with Crippen LogP contribution >= 0.6 is 34.2 Å². The zero-order valence-corrected chi connectivity index (χ0v) is 20.2. The summed E-state index contributed by atoms with van der Waals surface area (Å²) in [5.74, 6) is 0.0102. The van der Waals surface area contributed by atoms with Gasteiger partial charge in [-0.25, -0.2) is 9.36 Å². The summed E-state index contributed by atoms with van der Waals surface area (Å²) in [6.07, 6.45) is 0. The Labute approximate surface area is 202 Å². The predicted octanol–water partition coefficient (Wildman–Crippen LogP) is 4.41. The van der Waals surface area contributed by atoms with Crippen molar-refractivity contribution in [2.75, 3.05) is 18.5 Å². The molecule has 10 heteroatoms. The third-order valence-corrected chi connectivity index (χ3v) is 6.08. The summed E-state index contributed by atoms with van der Waals surface area (Å²) in [7, 11) is 0. The number of hydrogen-bond acceptors (Lipinski definition) is 5. The average Bonchev–Trinajstić information content (AvgIpc) is 3.04. The maximum atomic E-state index is 13.1. The Morgan fingerprint density at radius 2 is 1.91 bits per heavy atom. The van der Waals surface area contributed by atoms with Crippen LogP contribution in [0.2, 0.25) is 5.02 Å². The fourth-order valence-electron chi connectivity index (χ4n) is 3.61. The third-order valence-electron chi connectivity index (χ3n) is 5.10. The third kappa shape index (κ3) is 4.31. The molecule has 0 aliphatic carbocycles. The van der Waals surface area contributed by atoms with Crippen molar-refractivity contribution in [2.45, 2.75) is 19.9 Å². The van der Waals surface area contributed by atoms with Gasteiger partial charge in [0.25, 0.3) is 0 Å². The lowest BCUT2D eigenvalue weighted by Gasteiger charge is -2.22. The minimum absolute atomic E-state index is 0.192. The topological polar surface area (TPSA) is 106 Å². The molecule has 0 saturated heterocycles. The maximum absolute atomic E-state index is 13.1. The number of H-pyrrole nitrogens is 1. The van der Waals surface area contributed by atoms with Gasteiger partial charge in [-0.15, -0.1) is 0 Å². The predicted molar refractivity (Wildman–Crippen MR) is 130 cm³/mol. The molecule has 8 nitrogen and oxygen atoms in total. The highest BCUT2D eigenvalue weighted by Gasteiger charge is 2.31. The van der Waals surface area contributed by atoms with E-state index in [0.717, 1.165) is 8.14 Å². The molecule has 0 radical (unpaired) electrons. The Bertz CT molecular complexity index is 1240. The largest absolute Gasteiger partial charge is 0.493 e. The van der Waals surface area contributed by atoms with E-state index < -0.39 is 17.6 Å². The summed E-state index contributed by atoms with van der Waals surface area (Å²) >= 11 is 8.37. The minimum Gasteiger partial charge on any atom is -0.493 e. The molecule has 0 spiro atoms. The number of imidazole rings is 1. The van der Waals surface area contributed by atoms with E-state index >= 15 is 0 Å². The van der Waals surface area contributed by atoms with E-state index in [-0.39, 0.29) is 17.5 Å². The number of rotatable bonds is 5. The number of fused-ring (bicyclic) bond motifs is 1. The molecule has 1 aliphatic rings. The number of benzene rings is 2. The Kier molecular flexibility index (Phi) is 6.38. The van der Waals surface area contributed by atoms with Crippen LogP contribution < -0.4 is 20.5 Å². The molecule has 2 heterocycles. The number of aromatic hydroxyl groups is 1. The monoisotopic (exact) mass is 569 g/mol. The highest BCUT2D eigenvalue weighted by atomic mass is 127. The molecule has 3 N–H and O–H groups in total. The van der Waals surface area contributed by atoms with Gasteiger partial charge in [0, 0.05) is 9.13 Å². The van der Waals surface area contributed by atoms with Crippen molar-refractivity contribution in [3.05, 3.63) is 55.5 Å². The molecule has 0 unspecified atom stereocenters. The van der Waals surface area contributed by atoms with Crippen LogP contribution in [0, 0.1) is 9.49 Å². The van der Waals surface area contributed by atoms with Crippen molar-refractivity contribution < 1.29 is 19.4 Å². The summed E-state index contributed by atoms with van der Waals surface area (Å²) in [5.41, 5.74) is 0.553. The lowest BCUT2D eigenvalue weighted by molar-refractivity contribution is -0.120. The van der Waals surface area contributed by atoms with E-state index in [1.54, 1.807) is 44.2 Å². The van der Waals surface area contributed by atoms with Crippen LogP contribution in [0.5, 0.6) is 17.4 Å². The van der Waals surface area contributed by atoms with Crippen molar-refractivity contribution in [3.8, 4) is 28.6 Å². The number of ether oxygens (including phenoxy) is 2. The molecule has 4 rings (SSSR count). The first-order valence-corrected chi connectivity index (χ1v) is 11.4. The second kappa shape index (κ2) is 9.07. The van der Waals surface area contributed by atoms with E-state index in [9.17, 15) is 14.7 Å². The van der Waals surface area contributed by atoms with E-state index in [1.165, 1.54) is 0 Å². The van der Waals surface area contributed by atoms with Crippen LogP contribution in [0.1, 0.15) is 19.9 Å². The first kappa shape index (κ1) is 22.5. The maximum Gasteiger partial charge on any atom is 0.329 e. The quantitative estimate of drug-likeness (QED) is 0.395. The van der Waals surface area contributed by atoms with Crippen LogP contribution in [0.15, 0.2) is 41.2 Å². The van der Waals surface area contributed by atoms with E-state index in [2.05, 4.69) is 32.9 Å². The Hall–Kier alpha value is -2.66. The fraction of sp³-hybridized carbons (Fsp3) is 0.273. The van der Waals surface area contributed by atoms with Crippen LogP contribution in [-0.2, 0) is 4.79 Å². The Balaban J connectivity index is 1.70. The molecule has 0 bridgehead atoms. The number of carbonyl (C=O) groups is 1. The summed E-state index contributed by atoms with van der Waals surface area (Å²) < 4.78 is 13.1. The Morgan fingerprint density at radius 3 is 2.59 bits per heavy atom. The van der Waals surface area contributed by atoms with Crippen LogP contribution in [-0.4, -0.2) is 33.8 Å². The second-order valence-corrected chi connectivity index (χ2v) is 9.31. The summed E-state index contributed by atoms with van der Waals surface area (Å²) in [4.78, 5) is 28.6. The molecule has 1 aromatic heterocycles. The van der Waals surface area contributed by atoms with Crippen molar-refractivity contribution in [1.29, 1.82) is 0 Å². The molecule has 32 heavy (non-hydrogen) atoms. The lowest BCUT2D eigenvalue weighted by Crippen LogP contribution is -2.35. The van der Waals surface area contributed by atoms with Crippen LogP contribution in [0.4, 0.5) is 5.69 Å². The van der Waals surface area contributed by atoms with Crippen molar-refractivity contribution >= 4 is 45.8 Å². The normalized spacial score (nSPS) is 13.8. The first-order chi connectivity index (χ1) is 15.3. The van der Waals surface area contributed by atoms with Gasteiger partial charge in [0.15, 0.2) is 11.5 Å². The molecule has 0 fully saturated rings. The van der Waals surface area contributed by atoms with E-state index in [0.29, 0.717) is 41.0 Å². The number of hydrogen-bond donors (Lipinski definition) is 3. The molecule has 168 valence electrons. The number of aromatic nitrogens is 2. The summed E-state index contributed by atoms with van der Waals surface area (Å²) in [6, 6.07) is 9.36. The molecule has 2 aromatic carbocycles. The molecule has 1 atom stereocenters. The smallest absolute Gasteiger partial charge is 0.329 e. The second-order valence-electron chi connectivity index (χ2n) is 7.66. The molecular formula is C22H21ClIN3O5. The van der Waals surface area contributed by atoms with Gasteiger partial charge in [-0.05, 0) is 64.9 Å². The highest BCUT2D eigenvalue weighted by molar-refractivity contribution is 14.1. The number of carbonyl (C=O) groups excluding carboxylic acids is 1. The average molecular weight is 570 g/mol. The van der Waals surface area contributed by atoms with Gasteiger partial charge in [0.05, 0.1) is 10.7 Å². The molecular weight excluding hydrogens is 549 g/mol. The van der Waals surface area contributed by atoms with Crippen molar-refractivity contribution in [2.24, 2.45) is 5.92 Å². The van der Waals surface area contributed by atoms with Gasteiger partial charge < -0.3 is 24.9 Å². The zero-order valence-electron chi connectivity index (χ0n) is 17.3. The van der Waals surface area contributed by atoms with Gasteiger partial charge >= 0.3 is 5.69 Å². The summed E-state index contributed by atoms with van der Waals surface area (Å²) in [6.45, 7) is 4.46. The van der Waals surface area contributed by atoms with Crippen molar-refractivity contribution in [1.82, 2.24) is 9.55 Å².